The lowest BCUT2D eigenvalue weighted by atomic mass is 10.2. The molecule has 38 heavy (non-hydrogen) atoms. The second-order valence-electron chi connectivity index (χ2n) is 12.8. The van der Waals surface area contributed by atoms with Crippen LogP contribution in [0, 0.1) is 0 Å². The van der Waals surface area contributed by atoms with Crippen LogP contribution in [0.5, 0.6) is 0 Å². The summed E-state index contributed by atoms with van der Waals surface area (Å²) in [6, 6.07) is 0. The van der Waals surface area contributed by atoms with Crippen LogP contribution in [-0.4, -0.2) is 65.5 Å². The van der Waals surface area contributed by atoms with Crippen molar-refractivity contribution in [3.05, 3.63) is 17.8 Å². The molecule has 2 aromatic rings. The van der Waals surface area contributed by atoms with E-state index in [0.29, 0.717) is 22.9 Å². The van der Waals surface area contributed by atoms with E-state index in [0.717, 1.165) is 0 Å². The molecule has 4 rings (SSSR count). The molecule has 2 aliphatic rings. The van der Waals surface area contributed by atoms with Gasteiger partial charge >= 0.3 is 17.1 Å². The molecule has 12 heteroatoms. The van der Waals surface area contributed by atoms with Gasteiger partial charge in [-0.25, -0.2) is 15.0 Å². The Morgan fingerprint density at radius 3 is 2.11 bits per heavy atom. The lowest BCUT2D eigenvalue weighted by Crippen LogP contribution is -2.65. The van der Waals surface area contributed by atoms with Crippen molar-refractivity contribution in [2.24, 2.45) is 0 Å². The Hall–Kier alpha value is -0.536. The van der Waals surface area contributed by atoms with Crippen molar-refractivity contribution in [3.8, 4) is 0 Å². The number of rotatable bonds is 6. The summed E-state index contributed by atoms with van der Waals surface area (Å²) in [5, 5.41) is 0.302. The highest BCUT2D eigenvalue weighted by Gasteiger charge is 2.62. The zero-order valence-corrected chi connectivity index (χ0v) is 28.3. The summed E-state index contributed by atoms with van der Waals surface area (Å²) in [5.74, 6) is 0. The fraction of sp³-hybridized carbons (Fsp3) is 0.808. The van der Waals surface area contributed by atoms with E-state index < -0.39 is 17.1 Å². The Morgan fingerprint density at radius 2 is 1.55 bits per heavy atom. The topological polar surface area (TPSA) is 80.5 Å². The molecule has 2 fully saturated rings. The highest BCUT2D eigenvalue weighted by atomic mass is 35.5. The molecule has 0 aromatic carbocycles. The molecule has 0 spiro atoms. The van der Waals surface area contributed by atoms with E-state index in [-0.39, 0.29) is 50.6 Å². The van der Waals surface area contributed by atoms with Gasteiger partial charge in [0.05, 0.1) is 24.3 Å². The van der Waals surface area contributed by atoms with Gasteiger partial charge in [-0.1, -0.05) is 87.8 Å². The number of imidazole rings is 1. The molecule has 2 aromatic heterocycles. The van der Waals surface area contributed by atoms with Crippen LogP contribution < -0.4 is 0 Å². The number of aromatic nitrogens is 4. The van der Waals surface area contributed by atoms with Gasteiger partial charge in [0.2, 0.25) is 0 Å². The molecule has 0 bridgehead atoms. The third-order valence-corrected chi connectivity index (χ3v) is 19.7. The largest absolute Gasteiger partial charge is 0.414 e. The molecule has 0 aliphatic carbocycles. The number of halogens is 1. The summed E-state index contributed by atoms with van der Waals surface area (Å²) in [7, 11) is -5.45. The van der Waals surface area contributed by atoms with E-state index in [1.54, 1.807) is 6.33 Å². The maximum atomic E-state index is 7.44. The van der Waals surface area contributed by atoms with Crippen molar-refractivity contribution >= 4 is 51.6 Å². The summed E-state index contributed by atoms with van der Waals surface area (Å²) in [4.78, 5) is 13.2. The third-order valence-electron chi connectivity index (χ3n) is 7.69. The first kappa shape index (κ1) is 30.4. The average molecular weight is 601 g/mol. The number of hydrogen-bond donors (Lipinski definition) is 0. The summed E-state index contributed by atoms with van der Waals surface area (Å²) in [6.07, 6.45) is 2.43. The minimum Gasteiger partial charge on any atom is -0.414 e. The summed E-state index contributed by atoms with van der Waals surface area (Å²) in [6.45, 7) is 25.1. The number of thioether (sulfide) groups is 1. The van der Waals surface area contributed by atoms with E-state index >= 15 is 0 Å². The van der Waals surface area contributed by atoms with Gasteiger partial charge in [0.15, 0.2) is 17.0 Å². The maximum absolute atomic E-state index is 7.44. The first-order valence-corrected chi connectivity index (χ1v) is 19.0. The molecule has 0 saturated carbocycles. The number of fused-ring (bicyclic) bond motifs is 2. The van der Waals surface area contributed by atoms with Crippen molar-refractivity contribution in [1.29, 1.82) is 0 Å². The van der Waals surface area contributed by atoms with Crippen molar-refractivity contribution in [2.75, 3.05) is 6.61 Å². The standard InChI is InChI=1S/C26H45ClN4O4SSi2/c1-15(2)37(16(3)4)32-12-19-21(34-38(35-37,17(5)6)18(7)8)22(36-26(9,10)11)25(33-19)31-14-30-20-23(27)28-13-29-24(20)31/h13-19,21-22,25H,12H2,1-11H3/t19-,21-,22-,25-/m1/s1. The summed E-state index contributed by atoms with van der Waals surface area (Å²) in [5.41, 5.74) is 2.27. The highest BCUT2D eigenvalue weighted by Crippen LogP contribution is 2.51. The monoisotopic (exact) mass is 600 g/mol. The van der Waals surface area contributed by atoms with Crippen LogP contribution in [-0.2, 0) is 17.7 Å². The molecule has 0 N–H and O–H groups in total. The molecule has 2 saturated heterocycles. The quantitative estimate of drug-likeness (QED) is 0.254. The van der Waals surface area contributed by atoms with Gasteiger partial charge in [-0.05, 0) is 22.2 Å². The SMILES string of the molecule is CC(C)[Si]1(C(C)C)OC[C@H]2O[C@@H](n3cnc4c(Cl)ncnc43)[C@H](SC(C)(C)C)[C@@H]2O[Si](C(C)C)(C(C)C)O1. The van der Waals surface area contributed by atoms with E-state index in [1.165, 1.54) is 6.33 Å². The fourth-order valence-electron chi connectivity index (χ4n) is 5.89. The van der Waals surface area contributed by atoms with Crippen LogP contribution in [0.1, 0.15) is 82.4 Å². The lowest BCUT2D eigenvalue weighted by Gasteiger charge is -2.51. The number of hydrogen-bond acceptors (Lipinski definition) is 8. The van der Waals surface area contributed by atoms with E-state index in [9.17, 15) is 0 Å². The summed E-state index contributed by atoms with van der Waals surface area (Å²) >= 11 is 8.23. The lowest BCUT2D eigenvalue weighted by molar-refractivity contribution is -0.0544. The Balaban J connectivity index is 1.86. The number of ether oxygens (including phenoxy) is 1. The molecule has 214 valence electrons. The van der Waals surface area contributed by atoms with Gasteiger partial charge in [0.25, 0.3) is 0 Å². The maximum Gasteiger partial charge on any atom is 0.335 e. The van der Waals surface area contributed by atoms with Gasteiger partial charge in [0, 0.05) is 4.75 Å². The van der Waals surface area contributed by atoms with Crippen molar-refractivity contribution in [1.82, 2.24) is 19.5 Å². The van der Waals surface area contributed by atoms with E-state index in [4.69, 9.17) is 29.3 Å². The van der Waals surface area contributed by atoms with Gasteiger partial charge < -0.3 is 17.7 Å². The molecule has 4 heterocycles. The molecule has 0 radical (unpaired) electrons. The van der Waals surface area contributed by atoms with Gasteiger partial charge in [-0.3, -0.25) is 4.57 Å². The van der Waals surface area contributed by atoms with Crippen LogP contribution in [0.3, 0.4) is 0 Å². The van der Waals surface area contributed by atoms with Crippen molar-refractivity contribution in [3.63, 3.8) is 0 Å². The second-order valence-corrected chi connectivity index (χ2v) is 24.0. The van der Waals surface area contributed by atoms with Crippen LogP contribution in [0.15, 0.2) is 12.7 Å². The highest BCUT2D eigenvalue weighted by molar-refractivity contribution is 8.01. The molecule has 0 unspecified atom stereocenters. The van der Waals surface area contributed by atoms with E-state index in [1.807, 2.05) is 16.3 Å². The van der Waals surface area contributed by atoms with E-state index in [2.05, 4.69) is 91.1 Å². The predicted octanol–water partition coefficient (Wildman–Crippen LogP) is 7.23. The molecular weight excluding hydrogens is 556 g/mol. The van der Waals surface area contributed by atoms with Crippen molar-refractivity contribution < 1.29 is 17.7 Å². The minimum absolute atomic E-state index is 0.0324. The Labute approximate surface area is 239 Å². The van der Waals surface area contributed by atoms with Crippen LogP contribution >= 0.6 is 23.4 Å². The fourth-order valence-corrected chi connectivity index (χ4v) is 18.9. The Bertz CT molecular complexity index is 1110. The normalized spacial score (nSPS) is 27.9. The Morgan fingerprint density at radius 1 is 0.947 bits per heavy atom. The third kappa shape index (κ3) is 5.38. The van der Waals surface area contributed by atoms with Crippen LogP contribution in [0.2, 0.25) is 27.3 Å². The van der Waals surface area contributed by atoms with Gasteiger partial charge in [0.1, 0.15) is 17.9 Å². The number of nitrogens with zero attached hydrogens (tertiary/aromatic N) is 4. The molecular formula is C26H45ClN4O4SSi2. The first-order chi connectivity index (χ1) is 17.6. The Kier molecular flexibility index (Phi) is 8.84. The smallest absolute Gasteiger partial charge is 0.335 e. The zero-order chi connectivity index (χ0) is 28.2. The zero-order valence-electron chi connectivity index (χ0n) is 24.7. The molecule has 0 amide bonds. The summed E-state index contributed by atoms with van der Waals surface area (Å²) < 4.78 is 30.7. The minimum atomic E-state index is -2.79. The van der Waals surface area contributed by atoms with Crippen LogP contribution in [0.25, 0.3) is 11.2 Å². The van der Waals surface area contributed by atoms with Gasteiger partial charge in [-0.2, -0.15) is 0 Å². The van der Waals surface area contributed by atoms with Crippen molar-refractivity contribution in [2.45, 2.75) is 127 Å². The van der Waals surface area contributed by atoms with Gasteiger partial charge in [-0.15, -0.1) is 11.8 Å². The molecule has 8 nitrogen and oxygen atoms in total. The average Bonchev–Trinajstić information content (AvgIpc) is 3.34. The van der Waals surface area contributed by atoms with Crippen LogP contribution in [0.4, 0.5) is 0 Å². The predicted molar refractivity (Wildman–Crippen MR) is 159 cm³/mol. The first-order valence-electron chi connectivity index (χ1n) is 13.8. The second kappa shape index (κ2) is 11.0. The molecule has 2 aliphatic heterocycles. The molecule has 4 atom stereocenters.